The Hall–Kier alpha value is -2.12. The lowest BCUT2D eigenvalue weighted by Gasteiger charge is -2.16. The average molecular weight is 309 g/mol. The second-order valence-corrected chi connectivity index (χ2v) is 4.81. The summed E-state index contributed by atoms with van der Waals surface area (Å²) in [5, 5.41) is 6.55. The summed E-state index contributed by atoms with van der Waals surface area (Å²) in [6.45, 7) is 2.51. The minimum Gasteiger partial charge on any atom is -0.393 e. The number of pyridine rings is 1. The maximum Gasteiger partial charge on any atom is 0.159 e. The van der Waals surface area contributed by atoms with Gasteiger partial charge < -0.3 is 21.1 Å². The van der Waals surface area contributed by atoms with Crippen molar-refractivity contribution in [3.8, 4) is 0 Å². The monoisotopic (exact) mass is 308 g/mol. The Morgan fingerprint density at radius 2 is 2.10 bits per heavy atom. The van der Waals surface area contributed by atoms with E-state index >= 15 is 0 Å². The molecule has 0 radical (unpaired) electrons. The van der Waals surface area contributed by atoms with Crippen LogP contribution in [0.15, 0.2) is 24.7 Å². The van der Waals surface area contributed by atoms with Crippen LogP contribution in [0.3, 0.4) is 0 Å². The topological polar surface area (TPSA) is 98.0 Å². The van der Waals surface area contributed by atoms with E-state index in [2.05, 4.69) is 25.6 Å². The number of anilines is 4. The van der Waals surface area contributed by atoms with E-state index in [0.29, 0.717) is 34.8 Å². The Bertz CT molecular complexity index is 609. The van der Waals surface area contributed by atoms with Gasteiger partial charge in [0.2, 0.25) is 0 Å². The smallest absolute Gasteiger partial charge is 0.159 e. The van der Waals surface area contributed by atoms with Gasteiger partial charge in [-0.1, -0.05) is 11.6 Å². The van der Waals surface area contributed by atoms with E-state index < -0.39 is 0 Å². The van der Waals surface area contributed by atoms with Crippen LogP contribution in [0, 0.1) is 0 Å². The number of aromatic nitrogens is 3. The van der Waals surface area contributed by atoms with Crippen LogP contribution < -0.4 is 16.4 Å². The maximum atomic E-state index is 6.07. The Kier molecular flexibility index (Phi) is 5.13. The molecule has 1 unspecified atom stereocenters. The van der Waals surface area contributed by atoms with Gasteiger partial charge in [0, 0.05) is 19.3 Å². The van der Waals surface area contributed by atoms with Gasteiger partial charge in [-0.15, -0.1) is 0 Å². The first-order chi connectivity index (χ1) is 10.1. The standard InChI is InChI=1S/C13H17ClN6O/c1-8(6-21-2)19-12-10(15)13(18-7-17-12)20-9-4-3-5-16-11(9)14/h3-5,7-8H,6,15H2,1-2H3,(H2,17,18,19,20). The van der Waals surface area contributed by atoms with Crippen molar-refractivity contribution in [2.24, 2.45) is 0 Å². The molecule has 0 saturated carbocycles. The number of ether oxygens (including phenoxy) is 1. The van der Waals surface area contributed by atoms with Crippen molar-refractivity contribution in [2.75, 3.05) is 30.1 Å². The van der Waals surface area contributed by atoms with Gasteiger partial charge in [0.15, 0.2) is 16.8 Å². The van der Waals surface area contributed by atoms with Crippen molar-refractivity contribution in [1.29, 1.82) is 0 Å². The number of methoxy groups -OCH3 is 1. The molecule has 1 atom stereocenters. The van der Waals surface area contributed by atoms with Gasteiger partial charge in [0.05, 0.1) is 12.3 Å². The number of nitrogens with zero attached hydrogens (tertiary/aromatic N) is 3. The minimum atomic E-state index is 0.0713. The highest BCUT2D eigenvalue weighted by Crippen LogP contribution is 2.28. The lowest BCUT2D eigenvalue weighted by Crippen LogP contribution is -2.22. The number of nitrogens with two attached hydrogens (primary N) is 1. The zero-order chi connectivity index (χ0) is 15.2. The van der Waals surface area contributed by atoms with E-state index in [0.717, 1.165) is 0 Å². The van der Waals surface area contributed by atoms with Crippen LogP contribution in [0.25, 0.3) is 0 Å². The highest BCUT2D eigenvalue weighted by Gasteiger charge is 2.12. The van der Waals surface area contributed by atoms with Crippen molar-refractivity contribution in [1.82, 2.24) is 15.0 Å². The van der Waals surface area contributed by atoms with Crippen LogP contribution >= 0.6 is 11.6 Å². The number of hydrogen-bond donors (Lipinski definition) is 3. The fraction of sp³-hybridized carbons (Fsp3) is 0.308. The van der Waals surface area contributed by atoms with E-state index in [1.807, 2.05) is 6.92 Å². The van der Waals surface area contributed by atoms with Gasteiger partial charge in [-0.25, -0.2) is 15.0 Å². The molecule has 0 aliphatic heterocycles. The molecular formula is C13H17ClN6O. The van der Waals surface area contributed by atoms with Crippen molar-refractivity contribution in [2.45, 2.75) is 13.0 Å². The highest BCUT2D eigenvalue weighted by atomic mass is 35.5. The Labute approximate surface area is 127 Å². The van der Waals surface area contributed by atoms with Crippen LogP contribution in [0.1, 0.15) is 6.92 Å². The third-order valence-corrected chi connectivity index (χ3v) is 3.00. The third-order valence-electron chi connectivity index (χ3n) is 2.70. The van der Waals surface area contributed by atoms with E-state index in [9.17, 15) is 0 Å². The molecule has 2 heterocycles. The van der Waals surface area contributed by atoms with Gasteiger partial charge in [0.25, 0.3) is 0 Å². The molecule has 8 heteroatoms. The molecule has 0 fully saturated rings. The summed E-state index contributed by atoms with van der Waals surface area (Å²) in [6, 6.07) is 3.63. The predicted octanol–water partition coefficient (Wildman–Crippen LogP) is 2.30. The molecule has 2 aromatic rings. The van der Waals surface area contributed by atoms with Crippen LogP contribution in [0.5, 0.6) is 0 Å². The highest BCUT2D eigenvalue weighted by molar-refractivity contribution is 6.32. The summed E-state index contributed by atoms with van der Waals surface area (Å²) in [6.07, 6.45) is 3.03. The fourth-order valence-corrected chi connectivity index (χ4v) is 1.91. The molecule has 0 amide bonds. The Morgan fingerprint density at radius 3 is 2.81 bits per heavy atom. The summed E-state index contributed by atoms with van der Waals surface area (Å²) in [5.41, 5.74) is 7.10. The third kappa shape index (κ3) is 3.93. The zero-order valence-corrected chi connectivity index (χ0v) is 12.6. The van der Waals surface area contributed by atoms with Gasteiger partial charge in [-0.05, 0) is 19.1 Å². The molecule has 21 heavy (non-hydrogen) atoms. The Morgan fingerprint density at radius 1 is 1.33 bits per heavy atom. The summed E-state index contributed by atoms with van der Waals surface area (Å²) in [4.78, 5) is 12.2. The molecule has 0 bridgehead atoms. The van der Waals surface area contributed by atoms with E-state index in [4.69, 9.17) is 22.1 Å². The van der Waals surface area contributed by atoms with Crippen molar-refractivity contribution < 1.29 is 4.74 Å². The largest absolute Gasteiger partial charge is 0.393 e. The van der Waals surface area contributed by atoms with Crippen LogP contribution in [0.4, 0.5) is 23.0 Å². The molecule has 2 aromatic heterocycles. The molecule has 7 nitrogen and oxygen atoms in total. The SMILES string of the molecule is COCC(C)Nc1ncnc(Nc2cccnc2Cl)c1N. The van der Waals surface area contributed by atoms with Crippen LogP contribution in [0.2, 0.25) is 5.15 Å². The number of nitrogens with one attached hydrogen (secondary N) is 2. The molecule has 4 N–H and O–H groups in total. The Balaban J connectivity index is 2.20. The van der Waals surface area contributed by atoms with Crippen LogP contribution in [-0.4, -0.2) is 34.7 Å². The summed E-state index contributed by atoms with van der Waals surface area (Å²) in [5.74, 6) is 1.00. The number of rotatable bonds is 6. The van der Waals surface area contributed by atoms with Crippen molar-refractivity contribution in [3.63, 3.8) is 0 Å². The lowest BCUT2D eigenvalue weighted by molar-refractivity contribution is 0.190. The van der Waals surface area contributed by atoms with Gasteiger partial charge in [-0.3, -0.25) is 0 Å². The van der Waals surface area contributed by atoms with E-state index in [1.165, 1.54) is 6.33 Å². The second-order valence-electron chi connectivity index (χ2n) is 4.45. The summed E-state index contributed by atoms with van der Waals surface area (Å²) in [7, 11) is 1.64. The predicted molar refractivity (Wildman–Crippen MR) is 83.9 cm³/mol. The molecule has 0 aromatic carbocycles. The summed E-state index contributed by atoms with van der Waals surface area (Å²) < 4.78 is 5.07. The molecule has 0 aliphatic carbocycles. The zero-order valence-electron chi connectivity index (χ0n) is 11.8. The molecule has 2 rings (SSSR count). The maximum absolute atomic E-state index is 6.07. The molecule has 0 aliphatic rings. The first-order valence-electron chi connectivity index (χ1n) is 6.35. The lowest BCUT2D eigenvalue weighted by atomic mass is 10.3. The molecule has 0 spiro atoms. The summed E-state index contributed by atoms with van der Waals surface area (Å²) >= 11 is 6.00. The van der Waals surface area contributed by atoms with Crippen LogP contribution in [-0.2, 0) is 4.74 Å². The van der Waals surface area contributed by atoms with E-state index in [1.54, 1.807) is 25.4 Å². The molecular weight excluding hydrogens is 292 g/mol. The number of hydrogen-bond acceptors (Lipinski definition) is 7. The van der Waals surface area contributed by atoms with Crippen molar-refractivity contribution >= 4 is 34.6 Å². The first kappa shape index (κ1) is 15.3. The average Bonchev–Trinajstić information content (AvgIpc) is 2.46. The number of halogens is 1. The normalized spacial score (nSPS) is 12.0. The fourth-order valence-electron chi connectivity index (χ4n) is 1.74. The van der Waals surface area contributed by atoms with Gasteiger partial charge >= 0.3 is 0 Å². The number of nitrogen functional groups attached to an aromatic ring is 1. The molecule has 0 saturated heterocycles. The molecule has 112 valence electrons. The first-order valence-corrected chi connectivity index (χ1v) is 6.73. The van der Waals surface area contributed by atoms with Gasteiger partial charge in [0.1, 0.15) is 12.0 Å². The quantitative estimate of drug-likeness (QED) is 0.704. The second kappa shape index (κ2) is 7.05. The van der Waals surface area contributed by atoms with Crippen molar-refractivity contribution in [3.05, 3.63) is 29.8 Å². The minimum absolute atomic E-state index is 0.0713. The van der Waals surface area contributed by atoms with E-state index in [-0.39, 0.29) is 6.04 Å². The van der Waals surface area contributed by atoms with Gasteiger partial charge in [-0.2, -0.15) is 0 Å².